The number of aromatic nitrogens is 2. The molecule has 1 aromatic carbocycles. The highest BCUT2D eigenvalue weighted by atomic mass is 35.5. The van der Waals surface area contributed by atoms with Gasteiger partial charge in [0.2, 0.25) is 5.91 Å². The SMILES string of the molecule is Cn1cnc(S(=O)(=O)N2CCC(C(=O)Nc3ccc(Cl)cc3)CC2)c1. The molecule has 0 bridgehead atoms. The maximum absolute atomic E-state index is 12.5. The number of hydrogen-bond acceptors (Lipinski definition) is 4. The highest BCUT2D eigenvalue weighted by Gasteiger charge is 2.33. The van der Waals surface area contributed by atoms with Crippen LogP contribution in [0.4, 0.5) is 5.69 Å². The Morgan fingerprint density at radius 2 is 1.88 bits per heavy atom. The van der Waals surface area contributed by atoms with E-state index in [1.165, 1.54) is 16.8 Å². The average Bonchev–Trinajstić information content (AvgIpc) is 3.04. The van der Waals surface area contributed by atoms with Crippen LogP contribution in [0, 0.1) is 5.92 Å². The first kappa shape index (κ1) is 17.9. The third-order valence-corrected chi connectivity index (χ3v) is 6.26. The van der Waals surface area contributed by atoms with E-state index in [0.717, 1.165) is 0 Å². The van der Waals surface area contributed by atoms with Crippen LogP contribution < -0.4 is 5.32 Å². The number of rotatable bonds is 4. The molecule has 0 spiro atoms. The van der Waals surface area contributed by atoms with E-state index < -0.39 is 10.0 Å². The summed E-state index contributed by atoms with van der Waals surface area (Å²) in [6.45, 7) is 0.606. The lowest BCUT2D eigenvalue weighted by Crippen LogP contribution is -2.41. The highest BCUT2D eigenvalue weighted by molar-refractivity contribution is 7.89. The van der Waals surface area contributed by atoms with Gasteiger partial charge in [0, 0.05) is 43.0 Å². The smallest absolute Gasteiger partial charge is 0.262 e. The van der Waals surface area contributed by atoms with E-state index in [-0.39, 0.29) is 16.9 Å². The summed E-state index contributed by atoms with van der Waals surface area (Å²) in [7, 11) is -1.88. The molecule has 0 saturated carbocycles. The van der Waals surface area contributed by atoms with Crippen molar-refractivity contribution in [3.63, 3.8) is 0 Å². The van der Waals surface area contributed by atoms with Crippen LogP contribution >= 0.6 is 11.6 Å². The Balaban J connectivity index is 1.59. The molecule has 3 rings (SSSR count). The van der Waals surface area contributed by atoms with Gasteiger partial charge in [-0.25, -0.2) is 13.4 Å². The van der Waals surface area contributed by atoms with Gasteiger partial charge in [0.1, 0.15) is 0 Å². The summed E-state index contributed by atoms with van der Waals surface area (Å²) in [4.78, 5) is 16.3. The van der Waals surface area contributed by atoms with Gasteiger partial charge in [0.05, 0.1) is 6.33 Å². The molecule has 1 saturated heterocycles. The summed E-state index contributed by atoms with van der Waals surface area (Å²) in [6, 6.07) is 6.89. The lowest BCUT2D eigenvalue weighted by Gasteiger charge is -2.29. The fourth-order valence-corrected chi connectivity index (χ4v) is 4.35. The first-order chi connectivity index (χ1) is 11.9. The van der Waals surface area contributed by atoms with E-state index in [9.17, 15) is 13.2 Å². The zero-order valence-corrected chi connectivity index (χ0v) is 15.3. The number of sulfonamides is 1. The molecule has 1 aliphatic rings. The molecule has 2 heterocycles. The molecule has 134 valence electrons. The second kappa shape index (κ2) is 7.15. The number of piperidine rings is 1. The summed E-state index contributed by atoms with van der Waals surface area (Å²) in [5.41, 5.74) is 0.679. The van der Waals surface area contributed by atoms with E-state index in [0.29, 0.717) is 36.6 Å². The van der Waals surface area contributed by atoms with Gasteiger partial charge in [0.25, 0.3) is 10.0 Å². The zero-order chi connectivity index (χ0) is 18.0. The van der Waals surface area contributed by atoms with Crippen molar-refractivity contribution in [2.24, 2.45) is 13.0 Å². The van der Waals surface area contributed by atoms with Crippen molar-refractivity contribution in [1.82, 2.24) is 13.9 Å². The molecule has 1 amide bonds. The van der Waals surface area contributed by atoms with Crippen LogP contribution in [0.1, 0.15) is 12.8 Å². The van der Waals surface area contributed by atoms with E-state index in [4.69, 9.17) is 11.6 Å². The van der Waals surface area contributed by atoms with Crippen LogP contribution in [0.2, 0.25) is 5.02 Å². The number of nitrogens with one attached hydrogen (secondary N) is 1. The lowest BCUT2D eigenvalue weighted by molar-refractivity contribution is -0.120. The number of aryl methyl sites for hydroxylation is 1. The third-order valence-electron chi connectivity index (χ3n) is 4.22. The second-order valence-corrected chi connectivity index (χ2v) is 8.37. The minimum Gasteiger partial charge on any atom is -0.339 e. The van der Waals surface area contributed by atoms with Crippen molar-refractivity contribution < 1.29 is 13.2 Å². The fourth-order valence-electron chi connectivity index (χ4n) is 2.79. The Kier molecular flexibility index (Phi) is 5.12. The molecule has 0 atom stereocenters. The van der Waals surface area contributed by atoms with Crippen molar-refractivity contribution in [2.75, 3.05) is 18.4 Å². The minimum atomic E-state index is -3.60. The molecule has 25 heavy (non-hydrogen) atoms. The van der Waals surface area contributed by atoms with E-state index >= 15 is 0 Å². The predicted octanol–water partition coefficient (Wildman–Crippen LogP) is 2.11. The fraction of sp³-hybridized carbons (Fsp3) is 0.375. The molecule has 1 fully saturated rings. The van der Waals surface area contributed by atoms with Gasteiger partial charge >= 0.3 is 0 Å². The minimum absolute atomic E-state index is 0.0408. The van der Waals surface area contributed by atoms with Crippen LogP contribution in [0.25, 0.3) is 0 Å². The van der Waals surface area contributed by atoms with Gasteiger partial charge in [-0.2, -0.15) is 4.31 Å². The summed E-state index contributed by atoms with van der Waals surface area (Å²) in [5.74, 6) is -0.317. The Labute approximate surface area is 151 Å². The van der Waals surface area contributed by atoms with Gasteiger partial charge in [-0.3, -0.25) is 4.79 Å². The standard InChI is InChI=1S/C16H19ClN4O3S/c1-20-10-15(18-11-20)25(23,24)21-8-6-12(7-9-21)16(22)19-14-4-2-13(17)3-5-14/h2-5,10-12H,6-9H2,1H3,(H,19,22). The van der Waals surface area contributed by atoms with E-state index in [2.05, 4.69) is 10.3 Å². The number of amides is 1. The molecule has 0 radical (unpaired) electrons. The van der Waals surface area contributed by atoms with Crippen molar-refractivity contribution in [2.45, 2.75) is 17.9 Å². The van der Waals surface area contributed by atoms with Gasteiger partial charge in [-0.05, 0) is 37.1 Å². The van der Waals surface area contributed by atoms with Gasteiger partial charge < -0.3 is 9.88 Å². The molecule has 1 aliphatic heterocycles. The number of imidazole rings is 1. The van der Waals surface area contributed by atoms with Crippen molar-refractivity contribution >= 4 is 33.2 Å². The third kappa shape index (κ3) is 4.02. The molecule has 1 aromatic heterocycles. The van der Waals surface area contributed by atoms with Crippen LogP contribution in [-0.4, -0.2) is 41.3 Å². The Morgan fingerprint density at radius 3 is 2.44 bits per heavy atom. The van der Waals surface area contributed by atoms with E-state index in [1.54, 1.807) is 35.9 Å². The average molecular weight is 383 g/mol. The molecular weight excluding hydrogens is 364 g/mol. The first-order valence-electron chi connectivity index (χ1n) is 7.91. The van der Waals surface area contributed by atoms with Gasteiger partial charge in [0.15, 0.2) is 5.03 Å². The molecule has 1 N–H and O–H groups in total. The Morgan fingerprint density at radius 1 is 1.24 bits per heavy atom. The topological polar surface area (TPSA) is 84.3 Å². The Bertz CT molecular complexity index is 856. The Hall–Kier alpha value is -1.90. The number of halogens is 1. The summed E-state index contributed by atoms with van der Waals surface area (Å²) in [5, 5.41) is 3.49. The zero-order valence-electron chi connectivity index (χ0n) is 13.7. The van der Waals surface area contributed by atoms with Crippen LogP contribution in [0.5, 0.6) is 0 Å². The number of hydrogen-bond donors (Lipinski definition) is 1. The van der Waals surface area contributed by atoms with Crippen LogP contribution in [0.3, 0.4) is 0 Å². The summed E-state index contributed by atoms with van der Waals surface area (Å²) < 4.78 is 28.1. The molecule has 9 heteroatoms. The highest BCUT2D eigenvalue weighted by Crippen LogP contribution is 2.24. The quantitative estimate of drug-likeness (QED) is 0.877. The molecule has 2 aromatic rings. The van der Waals surface area contributed by atoms with Gasteiger partial charge in [-0.1, -0.05) is 11.6 Å². The van der Waals surface area contributed by atoms with E-state index in [1.807, 2.05) is 0 Å². The number of anilines is 1. The normalized spacial score (nSPS) is 16.7. The molecule has 0 unspecified atom stereocenters. The number of benzene rings is 1. The van der Waals surface area contributed by atoms with Crippen molar-refractivity contribution in [3.05, 3.63) is 41.8 Å². The van der Waals surface area contributed by atoms with Crippen molar-refractivity contribution in [3.8, 4) is 0 Å². The molecule has 0 aliphatic carbocycles. The first-order valence-corrected chi connectivity index (χ1v) is 9.72. The monoisotopic (exact) mass is 382 g/mol. The number of nitrogens with zero attached hydrogens (tertiary/aromatic N) is 3. The summed E-state index contributed by atoms with van der Waals surface area (Å²) in [6.07, 6.45) is 3.89. The summed E-state index contributed by atoms with van der Waals surface area (Å²) >= 11 is 5.83. The molecule has 7 nitrogen and oxygen atoms in total. The predicted molar refractivity (Wildman–Crippen MR) is 94.8 cm³/mol. The lowest BCUT2D eigenvalue weighted by atomic mass is 9.97. The maximum atomic E-state index is 12.5. The number of carbonyl (C=O) groups is 1. The largest absolute Gasteiger partial charge is 0.339 e. The number of carbonyl (C=O) groups excluding carboxylic acids is 1. The van der Waals surface area contributed by atoms with Gasteiger partial charge in [-0.15, -0.1) is 0 Å². The van der Waals surface area contributed by atoms with Crippen LogP contribution in [-0.2, 0) is 21.9 Å². The van der Waals surface area contributed by atoms with Crippen LogP contribution in [0.15, 0.2) is 41.8 Å². The molecular formula is C16H19ClN4O3S. The maximum Gasteiger partial charge on any atom is 0.262 e. The second-order valence-electron chi connectivity index (χ2n) is 6.05. The van der Waals surface area contributed by atoms with Crippen molar-refractivity contribution in [1.29, 1.82) is 0 Å².